The first-order valence-corrected chi connectivity index (χ1v) is 11.9. The molecule has 0 radical (unpaired) electrons. The Morgan fingerprint density at radius 1 is 1.12 bits per heavy atom. The van der Waals surface area contributed by atoms with E-state index in [0.29, 0.717) is 63.4 Å². The smallest absolute Gasteiger partial charge is 0.320 e. The molecule has 0 spiro atoms. The van der Waals surface area contributed by atoms with Crippen LogP contribution in [0.15, 0.2) is 23.0 Å². The second-order valence-corrected chi connectivity index (χ2v) is 8.61. The van der Waals surface area contributed by atoms with Crippen LogP contribution in [-0.2, 0) is 12.8 Å². The summed E-state index contributed by atoms with van der Waals surface area (Å²) < 4.78 is 14.6. The van der Waals surface area contributed by atoms with Crippen LogP contribution in [-0.4, -0.2) is 82.6 Å². The molecule has 0 unspecified atom stereocenters. The van der Waals surface area contributed by atoms with Crippen LogP contribution < -0.4 is 10.9 Å². The highest BCUT2D eigenvalue weighted by Gasteiger charge is 2.28. The molecule has 0 saturated carbocycles. The summed E-state index contributed by atoms with van der Waals surface area (Å²) in [6.45, 7) is 7.45. The molecule has 182 valence electrons. The average Bonchev–Trinajstić information content (AvgIpc) is 2.87. The van der Waals surface area contributed by atoms with Crippen LogP contribution in [0, 0.1) is 5.82 Å². The second-order valence-electron chi connectivity index (χ2n) is 8.61. The monoisotopic (exact) mass is 470 g/mol. The number of aromatic amines is 1. The maximum absolute atomic E-state index is 14.6. The van der Waals surface area contributed by atoms with Crippen LogP contribution >= 0.6 is 0 Å². The number of amides is 3. The summed E-state index contributed by atoms with van der Waals surface area (Å²) >= 11 is 0. The lowest BCUT2D eigenvalue weighted by molar-refractivity contribution is 0.0637. The number of hydrogen-bond acceptors (Lipinski definition) is 5. The number of nitrogens with zero attached hydrogens (tertiary/aromatic N) is 4. The average molecular weight is 471 g/mol. The number of rotatable bonds is 5. The van der Waals surface area contributed by atoms with Gasteiger partial charge in [0.2, 0.25) is 0 Å². The number of benzene rings is 1. The van der Waals surface area contributed by atoms with E-state index < -0.39 is 5.82 Å². The molecule has 3 amide bonds. The Hall–Kier alpha value is -3.43. The zero-order chi connectivity index (χ0) is 24.2. The summed E-state index contributed by atoms with van der Waals surface area (Å²) in [6, 6.07) is 4.46. The summed E-state index contributed by atoms with van der Waals surface area (Å²) in [5.74, 6) is -0.964. The van der Waals surface area contributed by atoms with E-state index in [1.54, 1.807) is 26.8 Å². The molecule has 34 heavy (non-hydrogen) atoms. The van der Waals surface area contributed by atoms with Gasteiger partial charge in [-0.1, -0.05) is 6.07 Å². The summed E-state index contributed by atoms with van der Waals surface area (Å²) in [6.07, 6.45) is 1.92. The standard InChI is InChI=1S/C24H31FN6O3/c1-3-29(4-2)24(34)31-12-10-30(11-13-31)23(33)18-14-16(7-8-19(18)25)15-20-21-17(6-5-9-26-21)22(32)28-27-20/h7-8,14,26H,3-6,9-13,15H2,1-2H3,(H,28,32). The Labute approximate surface area is 197 Å². The van der Waals surface area contributed by atoms with Gasteiger partial charge in [0, 0.05) is 57.8 Å². The number of fused-ring (bicyclic) bond motifs is 1. The van der Waals surface area contributed by atoms with Crippen molar-refractivity contribution < 1.29 is 14.0 Å². The van der Waals surface area contributed by atoms with E-state index >= 15 is 0 Å². The molecule has 1 fully saturated rings. The zero-order valence-electron chi connectivity index (χ0n) is 19.7. The van der Waals surface area contributed by atoms with Crippen molar-refractivity contribution in [3.05, 3.63) is 56.8 Å². The molecule has 2 aliphatic heterocycles. The van der Waals surface area contributed by atoms with Crippen LogP contribution in [0.1, 0.15) is 47.4 Å². The number of carbonyl (C=O) groups excluding carboxylic acids is 2. The van der Waals surface area contributed by atoms with Crippen LogP contribution in [0.25, 0.3) is 0 Å². The Morgan fingerprint density at radius 2 is 1.82 bits per heavy atom. The number of piperazine rings is 1. The molecule has 2 aromatic rings. The summed E-state index contributed by atoms with van der Waals surface area (Å²) in [5.41, 5.74) is 2.64. The predicted molar refractivity (Wildman–Crippen MR) is 127 cm³/mol. The molecule has 0 aliphatic carbocycles. The highest BCUT2D eigenvalue weighted by molar-refractivity contribution is 5.95. The van der Waals surface area contributed by atoms with Gasteiger partial charge in [0.15, 0.2) is 0 Å². The molecule has 0 atom stereocenters. The Bertz CT molecular complexity index is 1120. The molecule has 1 aromatic heterocycles. The summed E-state index contributed by atoms with van der Waals surface area (Å²) in [5, 5.41) is 10.00. The van der Waals surface area contributed by atoms with E-state index in [-0.39, 0.29) is 23.1 Å². The van der Waals surface area contributed by atoms with E-state index in [0.717, 1.165) is 24.2 Å². The van der Waals surface area contributed by atoms with Gasteiger partial charge in [0.05, 0.1) is 16.9 Å². The molecule has 0 bridgehead atoms. The van der Waals surface area contributed by atoms with Gasteiger partial charge >= 0.3 is 6.03 Å². The van der Waals surface area contributed by atoms with Crippen molar-refractivity contribution in [3.8, 4) is 0 Å². The largest absolute Gasteiger partial charge is 0.383 e. The maximum atomic E-state index is 14.6. The van der Waals surface area contributed by atoms with Crippen molar-refractivity contribution in [1.29, 1.82) is 0 Å². The van der Waals surface area contributed by atoms with Crippen LogP contribution in [0.4, 0.5) is 14.9 Å². The molecule has 2 aliphatic rings. The first-order valence-electron chi connectivity index (χ1n) is 11.9. The number of hydrogen-bond donors (Lipinski definition) is 2. The van der Waals surface area contributed by atoms with Gasteiger partial charge in [-0.3, -0.25) is 9.59 Å². The Kier molecular flexibility index (Phi) is 7.14. The molecule has 1 saturated heterocycles. The van der Waals surface area contributed by atoms with Crippen molar-refractivity contribution in [3.63, 3.8) is 0 Å². The second kappa shape index (κ2) is 10.2. The number of H-pyrrole nitrogens is 1. The minimum absolute atomic E-state index is 0.00673. The van der Waals surface area contributed by atoms with Crippen LogP contribution in [0.5, 0.6) is 0 Å². The normalized spacial score (nSPS) is 15.5. The third kappa shape index (κ3) is 4.76. The molecule has 1 aromatic carbocycles. The third-order valence-electron chi connectivity index (χ3n) is 6.57. The molecular formula is C24H31FN6O3. The fourth-order valence-corrected chi connectivity index (χ4v) is 4.59. The van der Waals surface area contributed by atoms with Gasteiger partial charge in [0.1, 0.15) is 5.82 Å². The van der Waals surface area contributed by atoms with E-state index in [2.05, 4.69) is 15.5 Å². The van der Waals surface area contributed by atoms with Gasteiger partial charge in [0.25, 0.3) is 11.5 Å². The van der Waals surface area contributed by atoms with Crippen molar-refractivity contribution in [1.82, 2.24) is 24.9 Å². The summed E-state index contributed by atoms with van der Waals surface area (Å²) in [4.78, 5) is 42.8. The van der Waals surface area contributed by atoms with Crippen molar-refractivity contribution >= 4 is 17.6 Å². The number of carbonyl (C=O) groups is 2. The molecule has 9 nitrogen and oxygen atoms in total. The van der Waals surface area contributed by atoms with Gasteiger partial charge in [-0.05, 0) is 44.4 Å². The minimum Gasteiger partial charge on any atom is -0.383 e. The first kappa shape index (κ1) is 23.7. The number of nitrogens with one attached hydrogen (secondary N) is 2. The van der Waals surface area contributed by atoms with Crippen molar-refractivity contribution in [2.75, 3.05) is 51.1 Å². The lowest BCUT2D eigenvalue weighted by Gasteiger charge is -2.37. The number of aromatic nitrogens is 2. The van der Waals surface area contributed by atoms with Crippen LogP contribution in [0.3, 0.4) is 0 Å². The van der Waals surface area contributed by atoms with Crippen molar-refractivity contribution in [2.24, 2.45) is 0 Å². The van der Waals surface area contributed by atoms with E-state index in [4.69, 9.17) is 0 Å². The number of halogens is 1. The fourth-order valence-electron chi connectivity index (χ4n) is 4.59. The van der Waals surface area contributed by atoms with Crippen molar-refractivity contribution in [2.45, 2.75) is 33.1 Å². The molecule has 2 N–H and O–H groups in total. The molecule has 4 rings (SSSR count). The topological polar surface area (TPSA) is 102 Å². The molecule has 10 heteroatoms. The minimum atomic E-state index is -0.579. The predicted octanol–water partition coefficient (Wildman–Crippen LogP) is 2.08. The number of urea groups is 1. The maximum Gasteiger partial charge on any atom is 0.320 e. The highest BCUT2D eigenvalue weighted by atomic mass is 19.1. The molecular weight excluding hydrogens is 439 g/mol. The Morgan fingerprint density at radius 3 is 2.53 bits per heavy atom. The van der Waals surface area contributed by atoms with Gasteiger partial charge in [-0.15, -0.1) is 0 Å². The lowest BCUT2D eigenvalue weighted by Crippen LogP contribution is -2.54. The summed E-state index contributed by atoms with van der Waals surface area (Å²) in [7, 11) is 0. The van der Waals surface area contributed by atoms with Crippen LogP contribution in [0.2, 0.25) is 0 Å². The van der Waals surface area contributed by atoms with E-state index in [9.17, 15) is 18.8 Å². The zero-order valence-corrected chi connectivity index (χ0v) is 19.7. The lowest BCUT2D eigenvalue weighted by atomic mass is 9.99. The third-order valence-corrected chi connectivity index (χ3v) is 6.57. The highest BCUT2D eigenvalue weighted by Crippen LogP contribution is 2.24. The van der Waals surface area contributed by atoms with Gasteiger partial charge in [-0.2, -0.15) is 5.10 Å². The molecule has 3 heterocycles. The van der Waals surface area contributed by atoms with Gasteiger partial charge in [-0.25, -0.2) is 14.3 Å². The van der Waals surface area contributed by atoms with E-state index in [1.165, 1.54) is 6.07 Å². The Balaban J connectivity index is 1.47. The number of anilines is 1. The first-order chi connectivity index (χ1) is 16.4. The van der Waals surface area contributed by atoms with E-state index in [1.807, 2.05) is 13.8 Å². The van der Waals surface area contributed by atoms with Gasteiger partial charge < -0.3 is 20.0 Å². The fraction of sp³-hybridized carbons (Fsp3) is 0.500. The SMILES string of the molecule is CCN(CC)C(=O)N1CCN(C(=O)c2cc(Cc3n[nH]c(=O)c4c3NCCC4)ccc2F)CC1. The quantitative estimate of drug-likeness (QED) is 0.697.